The first-order valence-corrected chi connectivity index (χ1v) is 9.40. The van der Waals surface area contributed by atoms with Gasteiger partial charge in [-0.2, -0.15) is 0 Å². The van der Waals surface area contributed by atoms with Crippen molar-refractivity contribution in [2.75, 3.05) is 19.7 Å². The van der Waals surface area contributed by atoms with Crippen molar-refractivity contribution in [3.63, 3.8) is 0 Å². The Morgan fingerprint density at radius 3 is 3.00 bits per heavy atom. The molecule has 1 saturated heterocycles. The highest BCUT2D eigenvalue weighted by Gasteiger charge is 2.49. The average molecular weight is 330 g/mol. The summed E-state index contributed by atoms with van der Waals surface area (Å²) >= 11 is 0. The Bertz CT molecular complexity index is 560. The first kappa shape index (κ1) is 17.4. The van der Waals surface area contributed by atoms with Gasteiger partial charge in [0.25, 0.3) is 0 Å². The summed E-state index contributed by atoms with van der Waals surface area (Å²) in [7, 11) is 0. The number of ether oxygens (including phenoxy) is 1. The lowest BCUT2D eigenvalue weighted by atomic mass is 9.67. The Kier molecular flexibility index (Phi) is 5.90. The lowest BCUT2D eigenvalue weighted by Crippen LogP contribution is -2.47. The molecule has 132 valence electrons. The fourth-order valence-corrected chi connectivity index (χ4v) is 4.24. The normalized spacial score (nSPS) is 26.1. The van der Waals surface area contributed by atoms with Crippen LogP contribution >= 0.6 is 0 Å². The predicted octanol–water partition coefficient (Wildman–Crippen LogP) is 3.01. The second-order valence-electron chi connectivity index (χ2n) is 7.23. The highest BCUT2D eigenvalue weighted by atomic mass is 16.5. The van der Waals surface area contributed by atoms with Gasteiger partial charge in [-0.3, -0.25) is 4.79 Å². The Balaban J connectivity index is 1.62. The summed E-state index contributed by atoms with van der Waals surface area (Å²) < 4.78 is 5.68. The van der Waals surface area contributed by atoms with E-state index in [9.17, 15) is 4.79 Å². The smallest absolute Gasteiger partial charge is 0.228 e. The number of carbonyl (C=O) groups is 1. The van der Waals surface area contributed by atoms with Gasteiger partial charge in [0.2, 0.25) is 5.91 Å². The largest absolute Gasteiger partial charge is 0.377 e. The van der Waals surface area contributed by atoms with Crippen molar-refractivity contribution in [2.24, 2.45) is 11.3 Å². The fraction of sp³-hybridized carbons (Fsp3) is 0.650. The molecule has 0 aromatic heterocycles. The number of carbonyl (C=O) groups excluding carboxylic acids is 1. The number of hydrogen-bond donors (Lipinski definition) is 2. The van der Waals surface area contributed by atoms with Gasteiger partial charge in [0.1, 0.15) is 0 Å². The van der Waals surface area contributed by atoms with Crippen LogP contribution in [-0.2, 0) is 22.7 Å². The molecular weight excluding hydrogens is 300 g/mol. The molecular formula is C20H30N2O2. The third-order valence-corrected chi connectivity index (χ3v) is 5.65. The molecule has 0 radical (unpaired) electrons. The highest BCUT2D eigenvalue weighted by molar-refractivity contribution is 5.83. The Morgan fingerprint density at radius 2 is 2.17 bits per heavy atom. The Hall–Kier alpha value is -1.39. The molecule has 1 saturated carbocycles. The molecule has 1 aromatic rings. The maximum Gasteiger partial charge on any atom is 0.228 e. The van der Waals surface area contributed by atoms with Crippen molar-refractivity contribution in [1.29, 1.82) is 0 Å². The van der Waals surface area contributed by atoms with Crippen LogP contribution in [0.15, 0.2) is 24.3 Å². The van der Waals surface area contributed by atoms with Crippen molar-refractivity contribution < 1.29 is 9.53 Å². The predicted molar refractivity (Wildman–Crippen MR) is 95.5 cm³/mol. The minimum atomic E-state index is -0.175. The van der Waals surface area contributed by atoms with E-state index in [0.29, 0.717) is 19.1 Å². The Labute approximate surface area is 145 Å². The van der Waals surface area contributed by atoms with E-state index in [0.717, 1.165) is 38.1 Å². The summed E-state index contributed by atoms with van der Waals surface area (Å²) in [6.45, 7) is 5.94. The van der Waals surface area contributed by atoms with Crippen molar-refractivity contribution in [3.05, 3.63) is 35.4 Å². The van der Waals surface area contributed by atoms with E-state index in [1.807, 2.05) is 12.1 Å². The van der Waals surface area contributed by atoms with E-state index >= 15 is 0 Å². The molecule has 2 aliphatic rings. The van der Waals surface area contributed by atoms with Crippen LogP contribution in [0.2, 0.25) is 0 Å². The molecule has 1 aromatic carbocycles. The van der Waals surface area contributed by atoms with Gasteiger partial charge in [0.05, 0.1) is 12.0 Å². The van der Waals surface area contributed by atoms with Crippen LogP contribution in [0.4, 0.5) is 0 Å². The van der Waals surface area contributed by atoms with Crippen LogP contribution in [0.25, 0.3) is 0 Å². The van der Waals surface area contributed by atoms with Gasteiger partial charge < -0.3 is 15.4 Å². The van der Waals surface area contributed by atoms with E-state index in [1.54, 1.807) is 0 Å². The number of nitrogens with one attached hydrogen (secondary N) is 2. The van der Waals surface area contributed by atoms with Crippen LogP contribution < -0.4 is 10.6 Å². The number of fused-ring (bicyclic) bond motifs is 1. The summed E-state index contributed by atoms with van der Waals surface area (Å²) in [5.74, 6) is 0.746. The molecule has 0 bridgehead atoms. The third kappa shape index (κ3) is 3.65. The van der Waals surface area contributed by atoms with Gasteiger partial charge in [-0.05, 0) is 42.9 Å². The van der Waals surface area contributed by atoms with Crippen molar-refractivity contribution in [2.45, 2.75) is 52.2 Å². The molecule has 0 unspecified atom stereocenters. The molecule has 24 heavy (non-hydrogen) atoms. The van der Waals surface area contributed by atoms with Gasteiger partial charge in [-0.1, -0.05) is 44.0 Å². The number of hydrogen-bond acceptors (Lipinski definition) is 3. The summed E-state index contributed by atoms with van der Waals surface area (Å²) in [4.78, 5) is 13.0. The van der Waals surface area contributed by atoms with E-state index in [2.05, 4.69) is 29.7 Å². The minimum absolute atomic E-state index is 0.175. The van der Waals surface area contributed by atoms with E-state index in [1.165, 1.54) is 24.8 Å². The molecule has 3 rings (SSSR count). The quantitative estimate of drug-likeness (QED) is 0.756. The van der Waals surface area contributed by atoms with Gasteiger partial charge in [0, 0.05) is 19.7 Å². The number of benzene rings is 1. The van der Waals surface area contributed by atoms with Crippen molar-refractivity contribution >= 4 is 5.91 Å². The lowest BCUT2D eigenvalue weighted by Gasteiger charge is -2.37. The Morgan fingerprint density at radius 1 is 1.33 bits per heavy atom. The maximum atomic E-state index is 13.0. The SMILES string of the molecule is CCCOCc1ccccc1CNC(=O)[C@@]12CCCC[C@H]1CNC2. The van der Waals surface area contributed by atoms with E-state index in [-0.39, 0.29) is 11.3 Å². The molecule has 4 nitrogen and oxygen atoms in total. The van der Waals surface area contributed by atoms with Crippen LogP contribution in [0, 0.1) is 11.3 Å². The zero-order valence-electron chi connectivity index (χ0n) is 14.8. The second kappa shape index (κ2) is 8.13. The molecule has 1 aliphatic heterocycles. The zero-order valence-corrected chi connectivity index (χ0v) is 14.8. The molecule has 4 heteroatoms. The van der Waals surface area contributed by atoms with Crippen LogP contribution in [0.5, 0.6) is 0 Å². The second-order valence-corrected chi connectivity index (χ2v) is 7.23. The topological polar surface area (TPSA) is 50.4 Å². The molecule has 2 N–H and O–H groups in total. The monoisotopic (exact) mass is 330 g/mol. The number of rotatable bonds is 7. The first-order valence-electron chi connectivity index (χ1n) is 9.40. The first-order chi connectivity index (χ1) is 11.8. The summed E-state index contributed by atoms with van der Waals surface area (Å²) in [5.41, 5.74) is 2.16. The molecule has 1 heterocycles. The van der Waals surface area contributed by atoms with Gasteiger partial charge in [-0.25, -0.2) is 0 Å². The number of amides is 1. The molecule has 2 atom stereocenters. The minimum Gasteiger partial charge on any atom is -0.377 e. The summed E-state index contributed by atoms with van der Waals surface area (Å²) in [6.07, 6.45) is 5.67. The van der Waals surface area contributed by atoms with Crippen LogP contribution in [-0.4, -0.2) is 25.6 Å². The summed E-state index contributed by atoms with van der Waals surface area (Å²) in [6, 6.07) is 8.25. The molecule has 1 amide bonds. The average Bonchev–Trinajstić information content (AvgIpc) is 3.06. The molecule has 2 fully saturated rings. The lowest BCUT2D eigenvalue weighted by molar-refractivity contribution is -0.134. The van der Waals surface area contributed by atoms with Gasteiger partial charge in [0.15, 0.2) is 0 Å². The van der Waals surface area contributed by atoms with Crippen LogP contribution in [0.3, 0.4) is 0 Å². The van der Waals surface area contributed by atoms with Crippen LogP contribution in [0.1, 0.15) is 50.2 Å². The van der Waals surface area contributed by atoms with Gasteiger partial charge in [-0.15, -0.1) is 0 Å². The van der Waals surface area contributed by atoms with E-state index < -0.39 is 0 Å². The standard InChI is InChI=1S/C20H30N2O2/c1-2-11-24-14-17-8-4-3-7-16(17)12-22-19(23)20-10-6-5-9-18(20)13-21-15-20/h3-4,7-8,18,21H,2,5-6,9-15H2,1H3,(H,22,23)/t18-,20+/m0/s1. The summed E-state index contributed by atoms with van der Waals surface area (Å²) in [5, 5.41) is 6.68. The maximum absolute atomic E-state index is 13.0. The van der Waals surface area contributed by atoms with Crippen molar-refractivity contribution in [3.8, 4) is 0 Å². The molecule has 0 spiro atoms. The zero-order chi connectivity index (χ0) is 16.8. The highest BCUT2D eigenvalue weighted by Crippen LogP contribution is 2.43. The fourth-order valence-electron chi connectivity index (χ4n) is 4.24. The van der Waals surface area contributed by atoms with Crippen molar-refractivity contribution in [1.82, 2.24) is 10.6 Å². The third-order valence-electron chi connectivity index (χ3n) is 5.65. The molecule has 1 aliphatic carbocycles. The van der Waals surface area contributed by atoms with Gasteiger partial charge >= 0.3 is 0 Å². The van der Waals surface area contributed by atoms with E-state index in [4.69, 9.17) is 4.74 Å².